The third kappa shape index (κ3) is 3.17. The van der Waals surface area contributed by atoms with Crippen LogP contribution in [-0.2, 0) is 9.53 Å². The Morgan fingerprint density at radius 3 is 2.57 bits per heavy atom. The highest BCUT2D eigenvalue weighted by atomic mass is 19.1. The summed E-state index contributed by atoms with van der Waals surface area (Å²) in [5, 5.41) is 0. The average Bonchev–Trinajstić information content (AvgIpc) is 3.22. The normalized spacial score (nSPS) is 15.8. The Morgan fingerprint density at radius 2 is 1.82 bits per heavy atom. The first kappa shape index (κ1) is 18.0. The van der Waals surface area contributed by atoms with E-state index in [1.54, 1.807) is 29.2 Å². The van der Waals surface area contributed by atoms with Crippen molar-refractivity contribution in [3.63, 3.8) is 0 Å². The van der Waals surface area contributed by atoms with Gasteiger partial charge in [-0.05, 0) is 54.4 Å². The first-order chi connectivity index (χ1) is 13.6. The van der Waals surface area contributed by atoms with Crippen molar-refractivity contribution >= 4 is 17.6 Å². The monoisotopic (exact) mass is 379 g/mol. The van der Waals surface area contributed by atoms with E-state index in [4.69, 9.17) is 9.15 Å². The minimum atomic E-state index is -0.392. The smallest absolute Gasteiger partial charge is 0.313 e. The first-order valence-corrected chi connectivity index (χ1v) is 8.93. The molecule has 0 spiro atoms. The summed E-state index contributed by atoms with van der Waals surface area (Å²) >= 11 is 0. The molecule has 1 aliphatic rings. The van der Waals surface area contributed by atoms with Gasteiger partial charge in [0.25, 0.3) is 5.91 Å². The molecule has 1 aromatic heterocycles. The summed E-state index contributed by atoms with van der Waals surface area (Å²) in [5.74, 6) is -0.652. The number of fused-ring (bicyclic) bond motifs is 1. The van der Waals surface area contributed by atoms with Gasteiger partial charge in [-0.15, -0.1) is 0 Å². The number of anilines is 1. The number of benzene rings is 2. The van der Waals surface area contributed by atoms with Crippen LogP contribution < -0.4 is 4.90 Å². The lowest BCUT2D eigenvalue weighted by Gasteiger charge is -2.32. The van der Waals surface area contributed by atoms with E-state index in [0.29, 0.717) is 30.0 Å². The maximum atomic E-state index is 13.1. The number of rotatable bonds is 3. The summed E-state index contributed by atoms with van der Waals surface area (Å²) in [7, 11) is 1.36. The molecule has 2 heterocycles. The SMILES string of the molecule is COC(=O)[C@@H]1CCN(C(=O)c2ccc(-c3ccc(F)cc3)o2)c2ccccc21. The lowest BCUT2D eigenvalue weighted by Crippen LogP contribution is -2.38. The van der Waals surface area contributed by atoms with Gasteiger partial charge in [-0.2, -0.15) is 0 Å². The second kappa shape index (κ2) is 7.31. The van der Waals surface area contributed by atoms with E-state index in [0.717, 1.165) is 5.56 Å². The highest BCUT2D eigenvalue weighted by Gasteiger charge is 2.34. The average molecular weight is 379 g/mol. The lowest BCUT2D eigenvalue weighted by molar-refractivity contribution is -0.142. The Morgan fingerprint density at radius 1 is 1.07 bits per heavy atom. The van der Waals surface area contributed by atoms with Crippen molar-refractivity contribution in [3.8, 4) is 11.3 Å². The van der Waals surface area contributed by atoms with Crippen molar-refractivity contribution in [1.82, 2.24) is 0 Å². The van der Waals surface area contributed by atoms with Crippen molar-refractivity contribution in [1.29, 1.82) is 0 Å². The zero-order valence-electron chi connectivity index (χ0n) is 15.2. The number of methoxy groups -OCH3 is 1. The summed E-state index contributed by atoms with van der Waals surface area (Å²) in [6.45, 7) is 0.377. The van der Waals surface area contributed by atoms with E-state index in [9.17, 15) is 14.0 Å². The zero-order chi connectivity index (χ0) is 19.7. The van der Waals surface area contributed by atoms with Crippen molar-refractivity contribution in [2.75, 3.05) is 18.6 Å². The first-order valence-electron chi connectivity index (χ1n) is 8.93. The fourth-order valence-electron chi connectivity index (χ4n) is 3.52. The van der Waals surface area contributed by atoms with Gasteiger partial charge in [-0.1, -0.05) is 18.2 Å². The summed E-state index contributed by atoms with van der Waals surface area (Å²) < 4.78 is 23.7. The zero-order valence-corrected chi connectivity index (χ0v) is 15.2. The Kier molecular flexibility index (Phi) is 4.69. The van der Waals surface area contributed by atoms with E-state index in [-0.39, 0.29) is 23.5 Å². The number of furan rings is 1. The van der Waals surface area contributed by atoms with E-state index < -0.39 is 5.92 Å². The highest BCUT2D eigenvalue weighted by Crippen LogP contribution is 2.37. The molecule has 2 aromatic carbocycles. The molecule has 0 bridgehead atoms. The number of ether oxygens (including phenoxy) is 1. The molecule has 0 N–H and O–H groups in total. The molecule has 1 atom stereocenters. The minimum Gasteiger partial charge on any atom is -0.469 e. The van der Waals surface area contributed by atoms with Crippen LogP contribution >= 0.6 is 0 Å². The van der Waals surface area contributed by atoms with Gasteiger partial charge < -0.3 is 14.1 Å². The van der Waals surface area contributed by atoms with Crippen molar-refractivity contribution in [3.05, 3.63) is 77.8 Å². The molecule has 3 aromatic rings. The second-order valence-electron chi connectivity index (χ2n) is 6.55. The summed E-state index contributed by atoms with van der Waals surface area (Å²) in [6.07, 6.45) is 0.473. The van der Waals surface area contributed by atoms with Crippen LogP contribution in [0.3, 0.4) is 0 Å². The van der Waals surface area contributed by atoms with Gasteiger partial charge in [0.15, 0.2) is 5.76 Å². The van der Waals surface area contributed by atoms with E-state index in [2.05, 4.69) is 0 Å². The van der Waals surface area contributed by atoms with Crippen LogP contribution in [0.25, 0.3) is 11.3 Å². The molecule has 0 saturated carbocycles. The molecule has 0 fully saturated rings. The predicted octanol–water partition coefficient (Wildman–Crippen LogP) is 4.39. The lowest BCUT2D eigenvalue weighted by atomic mass is 9.90. The number of carbonyl (C=O) groups excluding carboxylic acids is 2. The number of para-hydroxylation sites is 1. The molecule has 6 heteroatoms. The van der Waals surface area contributed by atoms with Gasteiger partial charge in [0.05, 0.1) is 13.0 Å². The topological polar surface area (TPSA) is 59.8 Å². The summed E-state index contributed by atoms with van der Waals surface area (Å²) in [5.41, 5.74) is 2.12. The molecule has 0 radical (unpaired) electrons. The molecule has 1 amide bonds. The fourth-order valence-corrected chi connectivity index (χ4v) is 3.52. The molecule has 4 rings (SSSR count). The summed E-state index contributed by atoms with van der Waals surface area (Å²) in [4.78, 5) is 26.8. The van der Waals surface area contributed by atoms with Crippen molar-refractivity contribution in [2.24, 2.45) is 0 Å². The third-order valence-electron chi connectivity index (χ3n) is 4.92. The van der Waals surface area contributed by atoms with E-state index in [1.165, 1.54) is 19.2 Å². The van der Waals surface area contributed by atoms with Gasteiger partial charge in [-0.3, -0.25) is 9.59 Å². The Labute approximate surface area is 161 Å². The van der Waals surface area contributed by atoms with Crippen LogP contribution in [0.1, 0.15) is 28.5 Å². The van der Waals surface area contributed by atoms with Crippen molar-refractivity contribution < 1.29 is 23.1 Å². The molecule has 0 saturated heterocycles. The molecule has 28 heavy (non-hydrogen) atoms. The highest BCUT2D eigenvalue weighted by molar-refractivity contribution is 6.06. The van der Waals surface area contributed by atoms with Gasteiger partial charge in [0, 0.05) is 17.8 Å². The quantitative estimate of drug-likeness (QED) is 0.633. The van der Waals surface area contributed by atoms with Gasteiger partial charge in [-0.25, -0.2) is 4.39 Å². The molecule has 1 aliphatic heterocycles. The number of nitrogens with zero attached hydrogens (tertiary/aromatic N) is 1. The maximum absolute atomic E-state index is 13.1. The molecule has 0 aliphatic carbocycles. The number of halogens is 1. The molecule has 142 valence electrons. The fraction of sp³-hybridized carbons (Fsp3) is 0.182. The maximum Gasteiger partial charge on any atom is 0.313 e. The van der Waals surface area contributed by atoms with E-state index >= 15 is 0 Å². The predicted molar refractivity (Wildman–Crippen MR) is 102 cm³/mol. The Balaban J connectivity index is 1.63. The molecule has 5 nitrogen and oxygen atoms in total. The van der Waals surface area contributed by atoms with E-state index in [1.807, 2.05) is 24.3 Å². The third-order valence-corrected chi connectivity index (χ3v) is 4.92. The van der Waals surface area contributed by atoms with Crippen LogP contribution in [0.15, 0.2) is 65.1 Å². The number of esters is 1. The number of carbonyl (C=O) groups is 2. The number of amides is 1. The molecule has 0 unspecified atom stereocenters. The summed E-state index contributed by atoms with van der Waals surface area (Å²) in [6, 6.07) is 16.5. The number of hydrogen-bond donors (Lipinski definition) is 0. The second-order valence-corrected chi connectivity index (χ2v) is 6.55. The molecular formula is C22H18FNO4. The Hall–Kier alpha value is -3.41. The Bertz CT molecular complexity index is 1030. The van der Waals surface area contributed by atoms with Gasteiger partial charge in [0.1, 0.15) is 11.6 Å². The standard InChI is InChI=1S/C22H18FNO4/c1-27-22(26)17-12-13-24(18-5-3-2-4-16(17)18)21(25)20-11-10-19(28-20)14-6-8-15(23)9-7-14/h2-11,17H,12-13H2,1H3/t17-/m1/s1. The van der Waals surface area contributed by atoms with Crippen LogP contribution in [0.2, 0.25) is 0 Å². The van der Waals surface area contributed by atoms with Crippen LogP contribution in [0.5, 0.6) is 0 Å². The van der Waals surface area contributed by atoms with Gasteiger partial charge in [0.2, 0.25) is 0 Å². The minimum absolute atomic E-state index is 0.186. The number of hydrogen-bond acceptors (Lipinski definition) is 4. The largest absolute Gasteiger partial charge is 0.469 e. The van der Waals surface area contributed by atoms with Crippen molar-refractivity contribution in [2.45, 2.75) is 12.3 Å². The van der Waals surface area contributed by atoms with Crippen LogP contribution in [0.4, 0.5) is 10.1 Å². The molecular weight excluding hydrogens is 361 g/mol. The van der Waals surface area contributed by atoms with Crippen LogP contribution in [0, 0.1) is 5.82 Å². The van der Waals surface area contributed by atoms with Crippen LogP contribution in [-0.4, -0.2) is 25.5 Å². The van der Waals surface area contributed by atoms with Gasteiger partial charge >= 0.3 is 5.97 Å².